The standard InChI is InChI=1S/C21H22ClN3O2/c1-27-16-8-6-15(7-9-16)24-10-12-25(13-11-24)20-17-4-2-3-5-19(17)23-21(22)18(20)14-26/h2-9,26H,10-14H2,1H3. The zero-order valence-electron chi connectivity index (χ0n) is 15.2. The predicted octanol–water partition coefficient (Wildman–Crippen LogP) is 3.72. The lowest BCUT2D eigenvalue weighted by Crippen LogP contribution is -2.47. The summed E-state index contributed by atoms with van der Waals surface area (Å²) in [6.45, 7) is 3.37. The van der Waals surface area contributed by atoms with Crippen LogP contribution in [0.25, 0.3) is 10.9 Å². The monoisotopic (exact) mass is 383 g/mol. The molecule has 4 rings (SSSR count). The van der Waals surface area contributed by atoms with Gasteiger partial charge in [-0.2, -0.15) is 0 Å². The number of rotatable bonds is 4. The quantitative estimate of drug-likeness (QED) is 0.696. The minimum absolute atomic E-state index is 0.120. The molecule has 0 amide bonds. The van der Waals surface area contributed by atoms with E-state index in [9.17, 15) is 5.11 Å². The molecular formula is C21H22ClN3O2. The fraction of sp³-hybridized carbons (Fsp3) is 0.286. The Hall–Kier alpha value is -2.50. The minimum Gasteiger partial charge on any atom is -0.497 e. The molecule has 0 bridgehead atoms. The Morgan fingerprint density at radius 2 is 1.67 bits per heavy atom. The molecule has 0 aliphatic carbocycles. The van der Waals surface area contributed by atoms with Gasteiger partial charge in [0.05, 0.1) is 24.9 Å². The first kappa shape index (κ1) is 17.9. The molecule has 0 atom stereocenters. The second-order valence-electron chi connectivity index (χ2n) is 6.58. The van der Waals surface area contributed by atoms with Crippen LogP contribution in [0, 0.1) is 0 Å². The summed E-state index contributed by atoms with van der Waals surface area (Å²) in [7, 11) is 1.68. The number of methoxy groups -OCH3 is 1. The van der Waals surface area contributed by atoms with E-state index in [0.717, 1.165) is 48.5 Å². The van der Waals surface area contributed by atoms with Gasteiger partial charge in [0.15, 0.2) is 0 Å². The zero-order chi connectivity index (χ0) is 18.8. The summed E-state index contributed by atoms with van der Waals surface area (Å²) >= 11 is 6.36. The molecule has 2 aromatic carbocycles. The topological polar surface area (TPSA) is 48.8 Å². The van der Waals surface area contributed by atoms with E-state index >= 15 is 0 Å². The van der Waals surface area contributed by atoms with Gasteiger partial charge in [0.1, 0.15) is 10.9 Å². The molecule has 2 heterocycles. The Labute approximate surface area is 163 Å². The van der Waals surface area contributed by atoms with Gasteiger partial charge in [-0.1, -0.05) is 29.8 Å². The van der Waals surface area contributed by atoms with Gasteiger partial charge in [-0.15, -0.1) is 0 Å². The van der Waals surface area contributed by atoms with E-state index in [-0.39, 0.29) is 6.61 Å². The highest BCUT2D eigenvalue weighted by Gasteiger charge is 2.23. The van der Waals surface area contributed by atoms with Crippen molar-refractivity contribution in [2.24, 2.45) is 0 Å². The summed E-state index contributed by atoms with van der Waals surface area (Å²) in [5.41, 5.74) is 3.75. The van der Waals surface area contributed by atoms with Crippen LogP contribution in [-0.2, 0) is 6.61 Å². The van der Waals surface area contributed by atoms with Gasteiger partial charge in [-0.25, -0.2) is 4.98 Å². The van der Waals surface area contributed by atoms with Crippen LogP contribution in [0.15, 0.2) is 48.5 Å². The Kier molecular flexibility index (Phi) is 5.05. The maximum Gasteiger partial charge on any atom is 0.137 e. The third kappa shape index (κ3) is 3.40. The number of aliphatic hydroxyl groups is 1. The highest BCUT2D eigenvalue weighted by atomic mass is 35.5. The number of nitrogens with zero attached hydrogens (tertiary/aromatic N) is 3. The highest BCUT2D eigenvalue weighted by molar-refractivity contribution is 6.31. The molecular weight excluding hydrogens is 362 g/mol. The lowest BCUT2D eigenvalue weighted by molar-refractivity contribution is 0.282. The first-order valence-electron chi connectivity index (χ1n) is 9.03. The average molecular weight is 384 g/mol. The first-order chi connectivity index (χ1) is 13.2. The van der Waals surface area contributed by atoms with Crippen LogP contribution in [-0.4, -0.2) is 43.4 Å². The number of hydrogen-bond acceptors (Lipinski definition) is 5. The SMILES string of the molecule is COc1ccc(N2CCN(c3c(CO)c(Cl)nc4ccccc34)CC2)cc1. The summed E-state index contributed by atoms with van der Waals surface area (Å²) in [6.07, 6.45) is 0. The fourth-order valence-electron chi connectivity index (χ4n) is 3.69. The van der Waals surface area contributed by atoms with Gasteiger partial charge in [-0.05, 0) is 30.3 Å². The smallest absolute Gasteiger partial charge is 0.137 e. The van der Waals surface area contributed by atoms with E-state index in [1.807, 2.05) is 36.4 Å². The number of halogens is 1. The van der Waals surface area contributed by atoms with Gasteiger partial charge < -0.3 is 19.6 Å². The molecule has 140 valence electrons. The summed E-state index contributed by atoms with van der Waals surface area (Å²) in [5.74, 6) is 0.864. The molecule has 1 aromatic heterocycles. The van der Waals surface area contributed by atoms with Crippen LogP contribution in [0.2, 0.25) is 5.15 Å². The van der Waals surface area contributed by atoms with Gasteiger partial charge >= 0.3 is 0 Å². The summed E-state index contributed by atoms with van der Waals surface area (Å²) in [5, 5.41) is 11.3. The number of aromatic nitrogens is 1. The molecule has 1 fully saturated rings. The molecule has 0 spiro atoms. The molecule has 1 N–H and O–H groups in total. The van der Waals surface area contributed by atoms with Crippen molar-refractivity contribution in [3.8, 4) is 5.75 Å². The molecule has 0 radical (unpaired) electrons. The lowest BCUT2D eigenvalue weighted by atomic mass is 10.1. The van der Waals surface area contributed by atoms with Crippen LogP contribution in [0.4, 0.5) is 11.4 Å². The zero-order valence-corrected chi connectivity index (χ0v) is 16.0. The summed E-state index contributed by atoms with van der Waals surface area (Å²) < 4.78 is 5.24. The molecule has 6 heteroatoms. The van der Waals surface area contributed by atoms with E-state index in [4.69, 9.17) is 16.3 Å². The van der Waals surface area contributed by atoms with E-state index in [1.54, 1.807) is 7.11 Å². The van der Waals surface area contributed by atoms with E-state index in [0.29, 0.717) is 10.7 Å². The number of pyridine rings is 1. The van der Waals surface area contributed by atoms with Crippen LogP contribution in [0.5, 0.6) is 5.75 Å². The van der Waals surface area contributed by atoms with Crippen molar-refractivity contribution >= 4 is 33.9 Å². The number of para-hydroxylation sites is 1. The van der Waals surface area contributed by atoms with Crippen molar-refractivity contribution < 1.29 is 9.84 Å². The third-order valence-electron chi connectivity index (χ3n) is 5.10. The molecule has 5 nitrogen and oxygen atoms in total. The Bertz CT molecular complexity index is 938. The number of fused-ring (bicyclic) bond motifs is 1. The second kappa shape index (κ2) is 7.62. The Morgan fingerprint density at radius 1 is 1.00 bits per heavy atom. The number of anilines is 2. The largest absolute Gasteiger partial charge is 0.497 e. The van der Waals surface area contributed by atoms with Crippen molar-refractivity contribution in [1.29, 1.82) is 0 Å². The van der Waals surface area contributed by atoms with Crippen LogP contribution in [0.1, 0.15) is 5.56 Å². The van der Waals surface area contributed by atoms with Gasteiger partial charge in [0.25, 0.3) is 0 Å². The number of ether oxygens (including phenoxy) is 1. The number of piperazine rings is 1. The second-order valence-corrected chi connectivity index (χ2v) is 6.94. The maximum atomic E-state index is 9.90. The molecule has 0 unspecified atom stereocenters. The molecule has 1 aliphatic rings. The lowest BCUT2D eigenvalue weighted by Gasteiger charge is -2.38. The van der Waals surface area contributed by atoms with Crippen molar-refractivity contribution in [3.05, 3.63) is 59.2 Å². The Balaban J connectivity index is 1.61. The molecule has 0 saturated carbocycles. The Morgan fingerprint density at radius 3 is 2.33 bits per heavy atom. The minimum atomic E-state index is -0.120. The van der Waals surface area contributed by atoms with Crippen LogP contribution >= 0.6 is 11.6 Å². The molecule has 3 aromatic rings. The normalized spacial score (nSPS) is 14.6. The van der Waals surface area contributed by atoms with E-state index < -0.39 is 0 Å². The van der Waals surface area contributed by atoms with Crippen molar-refractivity contribution in [2.75, 3.05) is 43.1 Å². The average Bonchev–Trinajstić information content (AvgIpc) is 2.73. The summed E-state index contributed by atoms with van der Waals surface area (Å²) in [4.78, 5) is 9.10. The fourth-order valence-corrected chi connectivity index (χ4v) is 3.93. The van der Waals surface area contributed by atoms with Gasteiger partial charge in [-0.3, -0.25) is 0 Å². The van der Waals surface area contributed by atoms with Crippen LogP contribution < -0.4 is 14.5 Å². The predicted molar refractivity (Wildman–Crippen MR) is 110 cm³/mol. The van der Waals surface area contributed by atoms with Crippen molar-refractivity contribution in [1.82, 2.24) is 4.98 Å². The summed E-state index contributed by atoms with van der Waals surface area (Å²) in [6, 6.07) is 16.1. The van der Waals surface area contributed by atoms with Crippen LogP contribution in [0.3, 0.4) is 0 Å². The first-order valence-corrected chi connectivity index (χ1v) is 9.41. The van der Waals surface area contributed by atoms with E-state index in [2.05, 4.69) is 26.9 Å². The van der Waals surface area contributed by atoms with Crippen molar-refractivity contribution in [3.63, 3.8) is 0 Å². The molecule has 27 heavy (non-hydrogen) atoms. The van der Waals surface area contributed by atoms with E-state index in [1.165, 1.54) is 5.69 Å². The third-order valence-corrected chi connectivity index (χ3v) is 5.42. The van der Waals surface area contributed by atoms with Gasteiger partial charge in [0.2, 0.25) is 0 Å². The molecule has 1 aliphatic heterocycles. The number of aliphatic hydroxyl groups excluding tert-OH is 1. The highest BCUT2D eigenvalue weighted by Crippen LogP contribution is 2.35. The molecule has 1 saturated heterocycles. The number of benzene rings is 2. The number of hydrogen-bond donors (Lipinski definition) is 1. The van der Waals surface area contributed by atoms with Crippen molar-refractivity contribution in [2.45, 2.75) is 6.61 Å². The van der Waals surface area contributed by atoms with Gasteiger partial charge in [0, 0.05) is 42.8 Å². The maximum absolute atomic E-state index is 9.90.